The van der Waals surface area contributed by atoms with Crippen molar-refractivity contribution in [1.82, 2.24) is 0 Å². The minimum absolute atomic E-state index is 0.275. The second-order valence-corrected chi connectivity index (χ2v) is 5.03. The molecule has 0 saturated carbocycles. The molecule has 16 heavy (non-hydrogen) atoms. The van der Waals surface area contributed by atoms with Gasteiger partial charge in [0.25, 0.3) is 10.1 Å². The monoisotopic (exact) mass is 248 g/mol. The first-order valence-electron chi connectivity index (χ1n) is 5.44. The maximum atomic E-state index is 10.7. The first-order valence-corrected chi connectivity index (χ1v) is 7.05. The van der Waals surface area contributed by atoms with Crippen LogP contribution in [-0.4, -0.2) is 31.9 Å². The molecular weight excluding hydrogens is 228 g/mol. The Bertz CT molecular complexity index is 324. The highest BCUT2D eigenvalue weighted by atomic mass is 32.2. The van der Waals surface area contributed by atoms with Gasteiger partial charge in [0.1, 0.15) is 0 Å². The molecule has 0 bridgehead atoms. The average Bonchev–Trinajstić information content (AvgIpc) is 2.15. The van der Waals surface area contributed by atoms with Crippen molar-refractivity contribution >= 4 is 10.1 Å². The standard InChI is InChI=1S/C11H20O4S/c1-3-7-11(10-16(12,13)14)8-5-6-9-15-4-2/h11H,4-6,8-10H2,1-2H3,(H,12,13,14). The van der Waals surface area contributed by atoms with Gasteiger partial charge in [-0.25, -0.2) is 0 Å². The Kier molecular flexibility index (Phi) is 8.26. The van der Waals surface area contributed by atoms with E-state index in [2.05, 4.69) is 11.8 Å². The van der Waals surface area contributed by atoms with Gasteiger partial charge in [0.15, 0.2) is 0 Å². The molecule has 4 nitrogen and oxygen atoms in total. The third-order valence-corrected chi connectivity index (χ3v) is 2.88. The van der Waals surface area contributed by atoms with Gasteiger partial charge in [0.05, 0.1) is 5.75 Å². The van der Waals surface area contributed by atoms with Gasteiger partial charge in [-0.1, -0.05) is 5.92 Å². The first kappa shape index (κ1) is 15.4. The topological polar surface area (TPSA) is 63.6 Å². The van der Waals surface area contributed by atoms with E-state index in [4.69, 9.17) is 9.29 Å². The van der Waals surface area contributed by atoms with Crippen LogP contribution in [0.15, 0.2) is 0 Å². The molecule has 0 aromatic heterocycles. The summed E-state index contributed by atoms with van der Waals surface area (Å²) in [4.78, 5) is 0. The molecular formula is C11H20O4S. The Morgan fingerprint density at radius 1 is 1.38 bits per heavy atom. The normalized spacial score (nSPS) is 12.9. The van der Waals surface area contributed by atoms with Gasteiger partial charge in [-0.2, -0.15) is 8.42 Å². The van der Waals surface area contributed by atoms with E-state index in [0.29, 0.717) is 19.6 Å². The van der Waals surface area contributed by atoms with E-state index in [1.54, 1.807) is 6.92 Å². The van der Waals surface area contributed by atoms with Crippen LogP contribution >= 0.6 is 0 Å². The highest BCUT2D eigenvalue weighted by molar-refractivity contribution is 7.85. The highest BCUT2D eigenvalue weighted by Crippen LogP contribution is 2.10. The number of unbranched alkanes of at least 4 members (excludes halogenated alkanes) is 1. The zero-order valence-electron chi connectivity index (χ0n) is 9.90. The van der Waals surface area contributed by atoms with Crippen molar-refractivity contribution in [1.29, 1.82) is 0 Å². The number of hydrogen-bond acceptors (Lipinski definition) is 3. The van der Waals surface area contributed by atoms with Gasteiger partial charge < -0.3 is 4.74 Å². The molecule has 0 radical (unpaired) electrons. The van der Waals surface area contributed by atoms with Crippen LogP contribution in [-0.2, 0) is 14.9 Å². The van der Waals surface area contributed by atoms with Gasteiger partial charge in [0.2, 0.25) is 0 Å². The number of hydrogen-bond donors (Lipinski definition) is 1. The van der Waals surface area contributed by atoms with Crippen molar-refractivity contribution in [3.8, 4) is 11.8 Å². The summed E-state index contributed by atoms with van der Waals surface area (Å²) in [7, 11) is -3.93. The lowest BCUT2D eigenvalue weighted by atomic mass is 10.1. The van der Waals surface area contributed by atoms with Crippen molar-refractivity contribution < 1.29 is 17.7 Å². The van der Waals surface area contributed by atoms with Crippen LogP contribution in [0.3, 0.4) is 0 Å². The fourth-order valence-electron chi connectivity index (χ4n) is 1.39. The van der Waals surface area contributed by atoms with E-state index in [-0.39, 0.29) is 11.7 Å². The fourth-order valence-corrected chi connectivity index (χ4v) is 2.15. The largest absolute Gasteiger partial charge is 0.382 e. The van der Waals surface area contributed by atoms with Crippen LogP contribution in [0.4, 0.5) is 0 Å². The SMILES string of the molecule is CC#CC(CCCCOCC)CS(=O)(=O)O. The van der Waals surface area contributed by atoms with E-state index >= 15 is 0 Å². The van der Waals surface area contributed by atoms with Crippen molar-refractivity contribution in [2.24, 2.45) is 5.92 Å². The van der Waals surface area contributed by atoms with Crippen LogP contribution in [0.1, 0.15) is 33.1 Å². The summed E-state index contributed by atoms with van der Waals surface area (Å²) in [5.74, 6) is 4.93. The third-order valence-electron chi connectivity index (χ3n) is 2.06. The van der Waals surface area contributed by atoms with Gasteiger partial charge >= 0.3 is 0 Å². The molecule has 1 N–H and O–H groups in total. The third kappa shape index (κ3) is 9.97. The first-order chi connectivity index (χ1) is 7.49. The molecule has 5 heteroatoms. The second-order valence-electron chi connectivity index (χ2n) is 3.53. The van der Waals surface area contributed by atoms with E-state index in [1.807, 2.05) is 6.92 Å². The zero-order chi connectivity index (χ0) is 12.4. The maximum Gasteiger partial charge on any atom is 0.266 e. The molecule has 0 aliphatic rings. The minimum atomic E-state index is -3.93. The Morgan fingerprint density at radius 2 is 2.06 bits per heavy atom. The van der Waals surface area contributed by atoms with Gasteiger partial charge in [-0.15, -0.1) is 5.92 Å². The molecule has 0 aromatic carbocycles. The van der Waals surface area contributed by atoms with Crippen LogP contribution in [0.5, 0.6) is 0 Å². The predicted octanol–water partition coefficient (Wildman–Crippen LogP) is 1.72. The van der Waals surface area contributed by atoms with Crippen LogP contribution in [0.25, 0.3) is 0 Å². The summed E-state index contributed by atoms with van der Waals surface area (Å²) in [5.41, 5.74) is 0. The van der Waals surface area contributed by atoms with Gasteiger partial charge in [0, 0.05) is 19.1 Å². The second kappa shape index (κ2) is 8.57. The van der Waals surface area contributed by atoms with Gasteiger partial charge in [-0.3, -0.25) is 4.55 Å². The fraction of sp³-hybridized carbons (Fsp3) is 0.818. The average molecular weight is 248 g/mol. The molecule has 0 rings (SSSR count). The van der Waals surface area contributed by atoms with Crippen LogP contribution in [0, 0.1) is 17.8 Å². The maximum absolute atomic E-state index is 10.7. The Morgan fingerprint density at radius 3 is 2.56 bits per heavy atom. The Balaban J connectivity index is 3.90. The van der Waals surface area contributed by atoms with E-state index < -0.39 is 10.1 Å². The molecule has 1 unspecified atom stereocenters. The lowest BCUT2D eigenvalue weighted by molar-refractivity contribution is 0.142. The van der Waals surface area contributed by atoms with E-state index in [1.165, 1.54) is 0 Å². The van der Waals surface area contributed by atoms with Crippen LogP contribution in [0.2, 0.25) is 0 Å². The highest BCUT2D eigenvalue weighted by Gasteiger charge is 2.14. The Hall–Kier alpha value is -0.570. The summed E-state index contributed by atoms with van der Waals surface area (Å²) in [5, 5.41) is 0. The molecule has 0 heterocycles. The molecule has 0 saturated heterocycles. The summed E-state index contributed by atoms with van der Waals surface area (Å²) < 4.78 is 35.3. The predicted molar refractivity (Wildman–Crippen MR) is 63.7 cm³/mol. The summed E-state index contributed by atoms with van der Waals surface area (Å²) in [6.45, 7) is 4.98. The molecule has 0 amide bonds. The smallest absolute Gasteiger partial charge is 0.266 e. The summed E-state index contributed by atoms with van der Waals surface area (Å²) >= 11 is 0. The lowest BCUT2D eigenvalue weighted by Crippen LogP contribution is -2.14. The molecule has 94 valence electrons. The van der Waals surface area contributed by atoms with E-state index in [0.717, 1.165) is 12.8 Å². The van der Waals surface area contributed by atoms with E-state index in [9.17, 15) is 8.42 Å². The van der Waals surface area contributed by atoms with Crippen molar-refractivity contribution in [3.63, 3.8) is 0 Å². The van der Waals surface area contributed by atoms with Crippen molar-refractivity contribution in [2.45, 2.75) is 33.1 Å². The van der Waals surface area contributed by atoms with Crippen molar-refractivity contribution in [2.75, 3.05) is 19.0 Å². The summed E-state index contributed by atoms with van der Waals surface area (Å²) in [6, 6.07) is 0. The molecule has 0 aliphatic heterocycles. The Labute approximate surface area is 98.1 Å². The van der Waals surface area contributed by atoms with Crippen molar-refractivity contribution in [3.05, 3.63) is 0 Å². The molecule has 1 atom stereocenters. The minimum Gasteiger partial charge on any atom is -0.382 e. The summed E-state index contributed by atoms with van der Waals surface area (Å²) in [6.07, 6.45) is 2.42. The number of rotatable bonds is 8. The molecule has 0 aliphatic carbocycles. The quantitative estimate of drug-likeness (QED) is 0.403. The van der Waals surface area contributed by atoms with Crippen LogP contribution < -0.4 is 0 Å². The molecule has 0 fully saturated rings. The zero-order valence-corrected chi connectivity index (χ0v) is 10.7. The number of ether oxygens (including phenoxy) is 1. The molecule has 0 aromatic rings. The molecule has 0 spiro atoms. The van der Waals surface area contributed by atoms with Gasteiger partial charge in [-0.05, 0) is 33.1 Å². The lowest BCUT2D eigenvalue weighted by Gasteiger charge is -2.08.